The number of amides is 1. The van der Waals surface area contributed by atoms with Gasteiger partial charge in [0, 0.05) is 0 Å². The summed E-state index contributed by atoms with van der Waals surface area (Å²) in [6.45, 7) is 9.93. The van der Waals surface area contributed by atoms with Crippen LogP contribution in [-0.4, -0.2) is 37.5 Å². The molecule has 1 aliphatic rings. The second-order valence-corrected chi connectivity index (χ2v) is 6.32. The molecule has 1 aromatic heterocycles. The van der Waals surface area contributed by atoms with E-state index >= 15 is 0 Å². The molecule has 0 radical (unpaired) electrons. The van der Waals surface area contributed by atoms with Gasteiger partial charge in [-0.1, -0.05) is 0 Å². The van der Waals surface area contributed by atoms with E-state index in [4.69, 9.17) is 4.74 Å². The maximum Gasteiger partial charge on any atom is 0.410 e. The van der Waals surface area contributed by atoms with Gasteiger partial charge in [0.2, 0.25) is 0 Å². The van der Waals surface area contributed by atoms with Gasteiger partial charge >= 0.3 is 6.09 Å². The van der Waals surface area contributed by atoms with Gasteiger partial charge in [-0.2, -0.15) is 5.10 Å². The molecule has 0 fully saturated rings. The standard InChI is InChI=1S/C14H23N3O3/c1-9-10(2)17-12(6-11(8-18)15-17)7-16(9)13(19)20-14(3,4)5/h6,9-10,18H,7-8H2,1-5H3/t9-,10?/m1/s1. The zero-order valence-electron chi connectivity index (χ0n) is 12.8. The maximum absolute atomic E-state index is 12.3. The highest BCUT2D eigenvalue weighted by Gasteiger charge is 2.35. The Morgan fingerprint density at radius 1 is 1.45 bits per heavy atom. The summed E-state index contributed by atoms with van der Waals surface area (Å²) >= 11 is 0. The molecule has 0 bridgehead atoms. The summed E-state index contributed by atoms with van der Waals surface area (Å²) in [5.41, 5.74) is 1.05. The van der Waals surface area contributed by atoms with Crippen molar-refractivity contribution in [1.82, 2.24) is 14.7 Å². The fourth-order valence-corrected chi connectivity index (χ4v) is 2.37. The van der Waals surface area contributed by atoms with E-state index in [1.807, 2.05) is 45.4 Å². The van der Waals surface area contributed by atoms with Crippen LogP contribution in [0.2, 0.25) is 0 Å². The molecule has 6 nitrogen and oxygen atoms in total. The zero-order valence-corrected chi connectivity index (χ0v) is 12.8. The molecule has 2 atom stereocenters. The molecule has 2 rings (SSSR count). The number of fused-ring (bicyclic) bond motifs is 1. The van der Waals surface area contributed by atoms with Gasteiger partial charge < -0.3 is 9.84 Å². The summed E-state index contributed by atoms with van der Waals surface area (Å²) in [7, 11) is 0. The van der Waals surface area contributed by atoms with Crippen molar-refractivity contribution in [2.24, 2.45) is 0 Å². The summed E-state index contributed by atoms with van der Waals surface area (Å²) in [5, 5.41) is 13.5. The van der Waals surface area contributed by atoms with E-state index in [2.05, 4.69) is 5.10 Å². The topological polar surface area (TPSA) is 67.6 Å². The number of aliphatic hydroxyl groups excluding tert-OH is 1. The fraction of sp³-hybridized carbons (Fsp3) is 0.714. The quantitative estimate of drug-likeness (QED) is 0.855. The highest BCUT2D eigenvalue weighted by molar-refractivity contribution is 5.68. The summed E-state index contributed by atoms with van der Waals surface area (Å²) in [6, 6.07) is 1.87. The summed E-state index contributed by atoms with van der Waals surface area (Å²) in [4.78, 5) is 14.0. The van der Waals surface area contributed by atoms with E-state index in [1.54, 1.807) is 4.90 Å². The van der Waals surface area contributed by atoms with Crippen molar-refractivity contribution in [2.45, 2.75) is 65.5 Å². The Balaban J connectivity index is 2.23. The smallest absolute Gasteiger partial charge is 0.410 e. The molecule has 0 saturated heterocycles. The lowest BCUT2D eigenvalue weighted by Gasteiger charge is -2.39. The summed E-state index contributed by atoms with van der Waals surface area (Å²) in [5.74, 6) is 0. The van der Waals surface area contributed by atoms with E-state index in [-0.39, 0.29) is 24.8 Å². The molecule has 0 aromatic carbocycles. The number of rotatable bonds is 1. The van der Waals surface area contributed by atoms with E-state index < -0.39 is 5.60 Å². The molecule has 20 heavy (non-hydrogen) atoms. The Morgan fingerprint density at radius 2 is 2.10 bits per heavy atom. The van der Waals surface area contributed by atoms with Crippen molar-refractivity contribution in [3.05, 3.63) is 17.5 Å². The Labute approximate surface area is 119 Å². The van der Waals surface area contributed by atoms with Crippen LogP contribution in [0.15, 0.2) is 6.07 Å². The molecule has 6 heteroatoms. The van der Waals surface area contributed by atoms with Gasteiger partial charge in [-0.15, -0.1) is 0 Å². The average molecular weight is 281 g/mol. The highest BCUT2D eigenvalue weighted by Crippen LogP contribution is 2.28. The van der Waals surface area contributed by atoms with Gasteiger partial charge in [0.25, 0.3) is 0 Å². The van der Waals surface area contributed by atoms with Gasteiger partial charge in [0.15, 0.2) is 0 Å². The van der Waals surface area contributed by atoms with Crippen LogP contribution in [0.25, 0.3) is 0 Å². The predicted octanol–water partition coefficient (Wildman–Crippen LogP) is 2.08. The van der Waals surface area contributed by atoms with Gasteiger partial charge in [0.1, 0.15) is 5.60 Å². The number of carbonyl (C=O) groups is 1. The third-order valence-corrected chi connectivity index (χ3v) is 3.56. The molecule has 112 valence electrons. The molecule has 1 unspecified atom stereocenters. The number of ether oxygens (including phenoxy) is 1. The Morgan fingerprint density at radius 3 is 2.65 bits per heavy atom. The first-order valence-electron chi connectivity index (χ1n) is 6.90. The van der Waals surface area contributed by atoms with Crippen molar-refractivity contribution in [2.75, 3.05) is 0 Å². The van der Waals surface area contributed by atoms with E-state index in [9.17, 15) is 9.90 Å². The van der Waals surface area contributed by atoms with Crippen molar-refractivity contribution >= 4 is 6.09 Å². The molecule has 0 saturated carbocycles. The van der Waals surface area contributed by atoms with Crippen LogP contribution < -0.4 is 0 Å². The number of nitrogens with zero attached hydrogens (tertiary/aromatic N) is 3. The minimum Gasteiger partial charge on any atom is -0.444 e. The molecule has 0 aliphatic carbocycles. The van der Waals surface area contributed by atoms with Crippen molar-refractivity contribution in [3.63, 3.8) is 0 Å². The third kappa shape index (κ3) is 2.80. The first-order chi connectivity index (χ1) is 9.23. The first kappa shape index (κ1) is 14.8. The molecular formula is C14H23N3O3. The second-order valence-electron chi connectivity index (χ2n) is 6.32. The fourth-order valence-electron chi connectivity index (χ4n) is 2.37. The number of aromatic nitrogens is 2. The number of carbonyl (C=O) groups excluding carboxylic acids is 1. The van der Waals surface area contributed by atoms with Crippen molar-refractivity contribution in [3.8, 4) is 0 Å². The lowest BCUT2D eigenvalue weighted by molar-refractivity contribution is 0.00406. The van der Waals surface area contributed by atoms with E-state index in [1.165, 1.54) is 0 Å². The number of aliphatic hydroxyl groups is 1. The van der Waals surface area contributed by atoms with E-state index in [0.717, 1.165) is 5.69 Å². The third-order valence-electron chi connectivity index (χ3n) is 3.56. The van der Waals surface area contributed by atoms with Crippen molar-refractivity contribution < 1.29 is 14.6 Å². The molecule has 2 heterocycles. The zero-order chi connectivity index (χ0) is 15.1. The summed E-state index contributed by atoms with van der Waals surface area (Å²) in [6.07, 6.45) is -0.310. The van der Waals surface area contributed by atoms with Crippen LogP contribution in [0.3, 0.4) is 0 Å². The van der Waals surface area contributed by atoms with Crippen LogP contribution in [0.4, 0.5) is 4.79 Å². The van der Waals surface area contributed by atoms with Crippen LogP contribution >= 0.6 is 0 Å². The van der Waals surface area contributed by atoms with Crippen LogP contribution in [-0.2, 0) is 17.9 Å². The lowest BCUT2D eigenvalue weighted by atomic mass is 10.1. The Kier molecular flexibility index (Phi) is 3.77. The average Bonchev–Trinajstić information content (AvgIpc) is 2.74. The second kappa shape index (κ2) is 5.09. The Hall–Kier alpha value is -1.56. The van der Waals surface area contributed by atoms with E-state index in [0.29, 0.717) is 12.2 Å². The number of hydrogen-bond acceptors (Lipinski definition) is 4. The maximum atomic E-state index is 12.3. The minimum absolute atomic E-state index is 0.0104. The first-order valence-corrected chi connectivity index (χ1v) is 6.90. The molecule has 0 spiro atoms. The van der Waals surface area contributed by atoms with Crippen LogP contribution in [0.5, 0.6) is 0 Å². The molecule has 1 amide bonds. The Bertz CT molecular complexity index is 504. The molecule has 1 N–H and O–H groups in total. The molecular weight excluding hydrogens is 258 g/mol. The van der Waals surface area contributed by atoms with Gasteiger partial charge in [-0.05, 0) is 40.7 Å². The SMILES string of the molecule is CC1[C@@H](C)N(C(=O)OC(C)(C)C)Cc2cc(CO)nn21. The molecule has 1 aliphatic heterocycles. The monoisotopic (exact) mass is 281 g/mol. The predicted molar refractivity (Wildman–Crippen MR) is 74.1 cm³/mol. The highest BCUT2D eigenvalue weighted by atomic mass is 16.6. The normalized spacial score (nSPS) is 22.6. The largest absolute Gasteiger partial charge is 0.444 e. The van der Waals surface area contributed by atoms with Crippen molar-refractivity contribution in [1.29, 1.82) is 0 Å². The van der Waals surface area contributed by atoms with Gasteiger partial charge in [0.05, 0.1) is 36.6 Å². The molecule has 1 aromatic rings. The lowest BCUT2D eigenvalue weighted by Crippen LogP contribution is -2.48. The van der Waals surface area contributed by atoms with Crippen LogP contribution in [0, 0.1) is 0 Å². The number of hydrogen-bond donors (Lipinski definition) is 1. The van der Waals surface area contributed by atoms with Crippen LogP contribution in [0.1, 0.15) is 52.0 Å². The summed E-state index contributed by atoms with van der Waals surface area (Å²) < 4.78 is 7.34. The van der Waals surface area contributed by atoms with Gasteiger partial charge in [-0.25, -0.2) is 4.79 Å². The van der Waals surface area contributed by atoms with Gasteiger partial charge in [-0.3, -0.25) is 9.58 Å². The minimum atomic E-state index is -0.506.